The van der Waals surface area contributed by atoms with Gasteiger partial charge in [-0.15, -0.1) is 0 Å². The fourth-order valence-electron chi connectivity index (χ4n) is 3.56. The molecule has 1 aliphatic heterocycles. The van der Waals surface area contributed by atoms with Gasteiger partial charge in [-0.1, -0.05) is 49.9 Å². The Balaban J connectivity index is 1.75. The Kier molecular flexibility index (Phi) is 4.52. The van der Waals surface area contributed by atoms with Gasteiger partial charge in [-0.05, 0) is 24.0 Å². The summed E-state index contributed by atoms with van der Waals surface area (Å²) in [4.78, 5) is 2.73. The number of rotatable bonds is 1. The minimum Gasteiger partial charge on any atom is -0.311 e. The normalized spacial score (nSPS) is 23.2. The summed E-state index contributed by atoms with van der Waals surface area (Å²) >= 11 is 0. The molecule has 1 heterocycles. The molecule has 3 rings (SSSR count). The smallest absolute Gasteiger partial charge is 0.0240 e. The molecular weight excluding hydrogens is 232 g/mol. The van der Waals surface area contributed by atoms with E-state index in [0.29, 0.717) is 0 Å². The van der Waals surface area contributed by atoms with E-state index in [4.69, 9.17) is 0 Å². The summed E-state index contributed by atoms with van der Waals surface area (Å²) in [6, 6.07) is 9.75. The summed E-state index contributed by atoms with van der Waals surface area (Å²) in [5.74, 6) is 0. The van der Waals surface area contributed by atoms with Crippen molar-refractivity contribution >= 4 is 0 Å². The van der Waals surface area contributed by atoms with Crippen LogP contribution < -0.4 is 5.32 Å². The van der Waals surface area contributed by atoms with Crippen LogP contribution in [0.4, 0.5) is 0 Å². The molecule has 0 radical (unpaired) electrons. The van der Waals surface area contributed by atoms with Crippen molar-refractivity contribution in [3.05, 3.63) is 35.4 Å². The molecule has 1 N–H and O–H groups in total. The van der Waals surface area contributed by atoms with E-state index in [0.717, 1.165) is 25.7 Å². The lowest BCUT2D eigenvalue weighted by molar-refractivity contribution is 0.167. The number of hydrogen-bond donors (Lipinski definition) is 1. The molecule has 0 aromatic heterocycles. The summed E-state index contributed by atoms with van der Waals surface area (Å²) in [6.07, 6.45) is 8.55. The molecule has 2 heteroatoms. The lowest BCUT2D eigenvalue weighted by atomic mass is 10.0. The van der Waals surface area contributed by atoms with E-state index in [1.807, 2.05) is 0 Å². The zero-order valence-electron chi connectivity index (χ0n) is 11.9. The lowest BCUT2D eigenvalue weighted by Gasteiger charge is -2.33. The molecule has 2 aliphatic rings. The molecule has 0 unspecified atom stereocenters. The van der Waals surface area contributed by atoms with Gasteiger partial charge in [0.1, 0.15) is 0 Å². The third kappa shape index (κ3) is 3.37. The van der Waals surface area contributed by atoms with Crippen LogP contribution in [-0.4, -0.2) is 24.0 Å². The van der Waals surface area contributed by atoms with Gasteiger partial charge in [0.25, 0.3) is 0 Å². The van der Waals surface area contributed by atoms with Crippen molar-refractivity contribution in [2.75, 3.05) is 13.1 Å². The van der Waals surface area contributed by atoms with Crippen LogP contribution in [0.3, 0.4) is 0 Å². The van der Waals surface area contributed by atoms with E-state index in [1.165, 1.54) is 56.2 Å². The van der Waals surface area contributed by atoms with Crippen LogP contribution in [0, 0.1) is 0 Å². The number of hydrogen-bond acceptors (Lipinski definition) is 2. The van der Waals surface area contributed by atoms with Gasteiger partial charge in [-0.2, -0.15) is 0 Å². The monoisotopic (exact) mass is 258 g/mol. The molecule has 1 fully saturated rings. The van der Waals surface area contributed by atoms with Gasteiger partial charge < -0.3 is 5.32 Å². The molecule has 0 spiro atoms. The van der Waals surface area contributed by atoms with Crippen LogP contribution in [0.25, 0.3) is 0 Å². The van der Waals surface area contributed by atoms with E-state index < -0.39 is 0 Å². The molecular formula is C17H26N2. The minimum atomic E-state index is 0.815. The molecule has 19 heavy (non-hydrogen) atoms. The van der Waals surface area contributed by atoms with Crippen molar-refractivity contribution < 1.29 is 0 Å². The summed E-state index contributed by atoms with van der Waals surface area (Å²) in [6.45, 7) is 4.53. The van der Waals surface area contributed by atoms with E-state index in [1.54, 1.807) is 0 Å². The Bertz CT molecular complexity index is 394. The van der Waals surface area contributed by atoms with Crippen LogP contribution in [0.2, 0.25) is 0 Å². The summed E-state index contributed by atoms with van der Waals surface area (Å²) in [5, 5.41) is 3.59. The van der Waals surface area contributed by atoms with E-state index in [2.05, 4.69) is 34.5 Å². The van der Waals surface area contributed by atoms with Gasteiger partial charge in [0, 0.05) is 32.2 Å². The second-order valence-corrected chi connectivity index (χ2v) is 6.06. The fraction of sp³-hybridized carbons (Fsp3) is 0.647. The first-order valence-electron chi connectivity index (χ1n) is 7.95. The molecule has 104 valence electrons. The SMILES string of the molecule is c1ccc2c(c1)CNCCN(C1CCCCCC1)C2. The maximum Gasteiger partial charge on any atom is 0.0240 e. The van der Waals surface area contributed by atoms with Crippen LogP contribution in [0.5, 0.6) is 0 Å². The van der Waals surface area contributed by atoms with Gasteiger partial charge in [0.15, 0.2) is 0 Å². The first-order valence-corrected chi connectivity index (χ1v) is 7.95. The zero-order chi connectivity index (χ0) is 12.9. The largest absolute Gasteiger partial charge is 0.311 e. The molecule has 1 aromatic rings. The molecule has 1 aliphatic carbocycles. The highest BCUT2D eigenvalue weighted by molar-refractivity contribution is 5.27. The van der Waals surface area contributed by atoms with Crippen molar-refractivity contribution in [3.63, 3.8) is 0 Å². The van der Waals surface area contributed by atoms with Crippen LogP contribution in [0.1, 0.15) is 49.7 Å². The minimum absolute atomic E-state index is 0.815. The van der Waals surface area contributed by atoms with Gasteiger partial charge in [0.2, 0.25) is 0 Å². The Labute approximate surface area is 117 Å². The van der Waals surface area contributed by atoms with Gasteiger partial charge in [0.05, 0.1) is 0 Å². The standard InChI is InChI=1S/C17H26N2/c1-2-4-10-17(9-3-1)19-12-11-18-13-15-7-5-6-8-16(15)14-19/h5-8,17-18H,1-4,9-14H2. The van der Waals surface area contributed by atoms with Gasteiger partial charge in [-0.25, -0.2) is 0 Å². The first kappa shape index (κ1) is 13.1. The van der Waals surface area contributed by atoms with Crippen molar-refractivity contribution in [3.8, 4) is 0 Å². The maximum atomic E-state index is 3.59. The third-order valence-electron chi connectivity index (χ3n) is 4.72. The van der Waals surface area contributed by atoms with Gasteiger partial charge >= 0.3 is 0 Å². The number of nitrogens with zero attached hydrogens (tertiary/aromatic N) is 1. The van der Waals surface area contributed by atoms with Crippen molar-refractivity contribution in [1.82, 2.24) is 10.2 Å². The second-order valence-electron chi connectivity index (χ2n) is 6.06. The van der Waals surface area contributed by atoms with E-state index in [-0.39, 0.29) is 0 Å². The Morgan fingerprint density at radius 3 is 2.47 bits per heavy atom. The molecule has 1 saturated carbocycles. The van der Waals surface area contributed by atoms with E-state index >= 15 is 0 Å². The van der Waals surface area contributed by atoms with Crippen molar-refractivity contribution in [2.24, 2.45) is 0 Å². The number of nitrogens with one attached hydrogen (secondary N) is 1. The third-order valence-corrected chi connectivity index (χ3v) is 4.72. The summed E-state index contributed by atoms with van der Waals surface area (Å²) in [7, 11) is 0. The highest BCUT2D eigenvalue weighted by Gasteiger charge is 2.21. The summed E-state index contributed by atoms with van der Waals surface area (Å²) in [5.41, 5.74) is 3.01. The highest BCUT2D eigenvalue weighted by Crippen LogP contribution is 2.24. The molecule has 0 atom stereocenters. The Morgan fingerprint density at radius 1 is 0.947 bits per heavy atom. The van der Waals surface area contributed by atoms with E-state index in [9.17, 15) is 0 Å². The fourth-order valence-corrected chi connectivity index (χ4v) is 3.56. The average Bonchev–Trinajstić information content (AvgIpc) is 2.68. The molecule has 1 aromatic carbocycles. The van der Waals surface area contributed by atoms with Crippen LogP contribution in [-0.2, 0) is 13.1 Å². The molecule has 0 bridgehead atoms. The number of benzene rings is 1. The molecule has 2 nitrogen and oxygen atoms in total. The van der Waals surface area contributed by atoms with Crippen LogP contribution in [0.15, 0.2) is 24.3 Å². The zero-order valence-corrected chi connectivity index (χ0v) is 11.9. The van der Waals surface area contributed by atoms with Crippen LogP contribution >= 0.6 is 0 Å². The highest BCUT2D eigenvalue weighted by atomic mass is 15.2. The molecule has 0 saturated heterocycles. The predicted octanol–water partition coefficient (Wildman–Crippen LogP) is 3.31. The Hall–Kier alpha value is -0.860. The maximum absolute atomic E-state index is 3.59. The van der Waals surface area contributed by atoms with Crippen molar-refractivity contribution in [2.45, 2.75) is 57.7 Å². The van der Waals surface area contributed by atoms with Gasteiger partial charge in [-0.3, -0.25) is 4.90 Å². The summed E-state index contributed by atoms with van der Waals surface area (Å²) < 4.78 is 0. The second kappa shape index (κ2) is 6.53. The Morgan fingerprint density at radius 2 is 1.68 bits per heavy atom. The predicted molar refractivity (Wildman–Crippen MR) is 80.0 cm³/mol. The quantitative estimate of drug-likeness (QED) is 0.777. The average molecular weight is 258 g/mol. The lowest BCUT2D eigenvalue weighted by Crippen LogP contribution is -2.41. The number of fused-ring (bicyclic) bond motifs is 1. The molecule has 0 amide bonds. The van der Waals surface area contributed by atoms with Crippen molar-refractivity contribution in [1.29, 1.82) is 0 Å². The first-order chi connectivity index (χ1) is 9.43. The topological polar surface area (TPSA) is 15.3 Å².